The Hall–Kier alpha value is -4.22. The highest BCUT2D eigenvalue weighted by Crippen LogP contribution is 2.45. The molecule has 448 valence electrons. The second kappa shape index (κ2) is 23.8. The average molecular weight is 1160 g/mol. The van der Waals surface area contributed by atoms with Gasteiger partial charge in [0.1, 0.15) is 0 Å². The van der Waals surface area contributed by atoms with Crippen LogP contribution in [0.3, 0.4) is 0 Å². The lowest BCUT2D eigenvalue weighted by Gasteiger charge is -2.33. The highest BCUT2D eigenvalue weighted by atomic mass is 27.3. The zero-order chi connectivity index (χ0) is 61.2. The molecular formula is C72H104Al2N4O5. The Labute approximate surface area is 513 Å². The smallest absolute Gasteiger partial charge is 0.589 e. The lowest BCUT2D eigenvalue weighted by Crippen LogP contribution is -2.47. The Morgan fingerprint density at radius 3 is 0.663 bits per heavy atom. The highest BCUT2D eigenvalue weighted by Gasteiger charge is 2.56. The van der Waals surface area contributed by atoms with Crippen LogP contribution >= 0.6 is 0 Å². The van der Waals surface area contributed by atoms with Crippen molar-refractivity contribution in [3.05, 3.63) is 115 Å². The van der Waals surface area contributed by atoms with Crippen LogP contribution in [0.2, 0.25) is 0 Å². The number of rotatable bonds is 2. The third-order valence-corrected chi connectivity index (χ3v) is 20.7. The van der Waals surface area contributed by atoms with Crippen molar-refractivity contribution in [3.63, 3.8) is 0 Å². The summed E-state index contributed by atoms with van der Waals surface area (Å²) in [6.45, 7) is 54.6. The van der Waals surface area contributed by atoms with Crippen molar-refractivity contribution in [2.45, 2.75) is 285 Å². The van der Waals surface area contributed by atoms with Crippen LogP contribution in [0.15, 0.2) is 68.5 Å². The molecule has 2 heterocycles. The first-order valence-electron chi connectivity index (χ1n) is 31.4. The Morgan fingerprint density at radius 1 is 0.301 bits per heavy atom. The molecule has 11 heteroatoms. The normalized spacial score (nSPS) is 20.6. The van der Waals surface area contributed by atoms with E-state index in [-0.39, 0.29) is 67.5 Å². The second-order valence-electron chi connectivity index (χ2n) is 32.9. The van der Waals surface area contributed by atoms with Gasteiger partial charge >= 0.3 is 30.3 Å². The van der Waals surface area contributed by atoms with Gasteiger partial charge in [0.25, 0.3) is 0 Å². The van der Waals surface area contributed by atoms with Crippen LogP contribution in [-0.2, 0) is 46.2 Å². The number of hydrogen-bond acceptors (Lipinski definition) is 9. The SMILES string of the molecule is CC(C)(C)c1cc2c(c(C(C)(C)C)c1)[O][Al]([O][Al]1[O]c3c(cc(C(C)(C)C)cc3C(C)(C)C)C=N[C@@H]3CCCC[C@H]3N=Cc3cc(C(C)(C)C)cc(C(C)(C)C)c3[O]1)[O]c1c(cc(C(C)(C)C)cc1C(C)(C)C)C=N[C@@H]1CCCC[C@H]1N=C2. The summed E-state index contributed by atoms with van der Waals surface area (Å²) in [6.07, 6.45) is 16.6. The minimum absolute atomic E-state index is 0.00365. The van der Waals surface area contributed by atoms with E-state index in [0.717, 1.165) is 95.9 Å². The molecule has 4 atom stereocenters. The fourth-order valence-corrected chi connectivity index (χ4v) is 15.2. The van der Waals surface area contributed by atoms with Gasteiger partial charge in [0.15, 0.2) is 0 Å². The van der Waals surface area contributed by atoms with E-state index in [0.29, 0.717) is 23.0 Å². The predicted molar refractivity (Wildman–Crippen MR) is 353 cm³/mol. The lowest BCUT2D eigenvalue weighted by atomic mass is 9.79. The molecule has 0 spiro atoms. The molecule has 8 rings (SSSR count). The van der Waals surface area contributed by atoms with Crippen molar-refractivity contribution >= 4 is 55.2 Å². The molecule has 2 aliphatic carbocycles. The van der Waals surface area contributed by atoms with E-state index < -0.39 is 30.3 Å². The summed E-state index contributed by atoms with van der Waals surface area (Å²) >= 11 is -7.21. The molecule has 0 aromatic heterocycles. The first-order valence-corrected chi connectivity index (χ1v) is 34.2. The van der Waals surface area contributed by atoms with E-state index in [1.807, 2.05) is 0 Å². The molecule has 4 aliphatic rings. The van der Waals surface area contributed by atoms with Gasteiger partial charge in [0, 0.05) is 47.1 Å². The highest BCUT2D eigenvalue weighted by molar-refractivity contribution is 6.54. The Bertz CT molecular complexity index is 2720. The summed E-state index contributed by atoms with van der Waals surface area (Å²) in [6, 6.07) is 18.5. The van der Waals surface area contributed by atoms with Crippen LogP contribution in [0, 0.1) is 0 Å². The molecule has 0 saturated heterocycles. The number of nitrogens with zero attached hydrogens (tertiary/aromatic N) is 4. The quantitative estimate of drug-likeness (QED) is 0.186. The van der Waals surface area contributed by atoms with E-state index in [1.165, 1.54) is 22.3 Å². The van der Waals surface area contributed by atoms with Crippen molar-refractivity contribution in [2.24, 2.45) is 20.0 Å². The number of fused-ring (bicyclic) bond motifs is 6. The molecule has 9 nitrogen and oxygen atoms in total. The van der Waals surface area contributed by atoms with Crippen molar-refractivity contribution in [3.8, 4) is 23.0 Å². The fourth-order valence-electron chi connectivity index (χ4n) is 11.7. The van der Waals surface area contributed by atoms with E-state index >= 15 is 0 Å². The van der Waals surface area contributed by atoms with Crippen molar-refractivity contribution in [2.75, 3.05) is 0 Å². The summed E-state index contributed by atoms with van der Waals surface area (Å²) in [5.74, 6) is 2.83. The van der Waals surface area contributed by atoms with Crippen LogP contribution in [0.5, 0.6) is 23.0 Å². The minimum atomic E-state index is -3.60. The zero-order valence-electron chi connectivity index (χ0n) is 55.9. The Balaban J connectivity index is 1.49. The first kappa shape index (κ1) is 64.8. The maximum atomic E-state index is 7.89. The molecule has 2 fully saturated rings. The van der Waals surface area contributed by atoms with Gasteiger partial charge in [-0.3, -0.25) is 20.0 Å². The van der Waals surface area contributed by atoms with Crippen LogP contribution in [-0.4, -0.2) is 79.3 Å². The molecule has 2 saturated carbocycles. The third kappa shape index (κ3) is 15.5. The fraction of sp³-hybridized carbons (Fsp3) is 0.611. The molecule has 0 radical (unpaired) electrons. The molecule has 0 N–H and O–H groups in total. The number of benzene rings is 4. The average Bonchev–Trinajstić information content (AvgIpc) is 3.59. The molecule has 0 unspecified atom stereocenters. The van der Waals surface area contributed by atoms with E-state index in [1.54, 1.807) is 0 Å². The molecule has 0 bridgehead atoms. The molecular weight excluding hydrogens is 1050 g/mol. The van der Waals surface area contributed by atoms with Crippen LogP contribution < -0.4 is 15.2 Å². The van der Waals surface area contributed by atoms with Gasteiger partial charge in [-0.2, -0.15) is 0 Å². The Morgan fingerprint density at radius 2 is 0.494 bits per heavy atom. The van der Waals surface area contributed by atoms with Crippen LogP contribution in [0.25, 0.3) is 0 Å². The second-order valence-corrected chi connectivity index (χ2v) is 36.1. The van der Waals surface area contributed by atoms with Gasteiger partial charge in [-0.1, -0.05) is 216 Å². The zero-order valence-corrected chi connectivity index (χ0v) is 58.2. The van der Waals surface area contributed by atoms with Crippen LogP contribution in [0.4, 0.5) is 0 Å². The van der Waals surface area contributed by atoms with E-state index in [4.69, 9.17) is 38.0 Å². The van der Waals surface area contributed by atoms with Gasteiger partial charge in [-0.05, 0) is 138 Å². The molecule has 83 heavy (non-hydrogen) atoms. The van der Waals surface area contributed by atoms with Crippen LogP contribution in [0.1, 0.15) is 284 Å². The van der Waals surface area contributed by atoms with Crippen molar-refractivity contribution < 1.29 is 18.0 Å². The largest absolute Gasteiger partial charge is 1.07 e. The van der Waals surface area contributed by atoms with Crippen molar-refractivity contribution in [1.82, 2.24) is 0 Å². The minimum Gasteiger partial charge on any atom is -0.589 e. The predicted octanol–water partition coefficient (Wildman–Crippen LogP) is 18.0. The molecule has 0 amide bonds. The molecule has 2 aliphatic heterocycles. The third-order valence-electron chi connectivity index (χ3n) is 17.3. The van der Waals surface area contributed by atoms with E-state index in [2.05, 4.69) is 240 Å². The summed E-state index contributed by atoms with van der Waals surface area (Å²) in [7, 11) is 0. The summed E-state index contributed by atoms with van der Waals surface area (Å²) in [5, 5.41) is 0. The maximum absolute atomic E-state index is 7.89. The molecule has 4 aromatic rings. The summed E-state index contributed by atoms with van der Waals surface area (Å²) < 4.78 is 39.2. The van der Waals surface area contributed by atoms with Gasteiger partial charge in [0.05, 0.1) is 47.2 Å². The number of hydrogen-bond donors (Lipinski definition) is 0. The van der Waals surface area contributed by atoms with Crippen molar-refractivity contribution in [1.29, 1.82) is 0 Å². The maximum Gasteiger partial charge on any atom is 1.07 e. The monoisotopic (exact) mass is 1160 g/mol. The van der Waals surface area contributed by atoms with Gasteiger partial charge < -0.3 is 18.0 Å². The standard InChI is InChI=1S/2C36H54N2O2.2Al.O/c2*1-33(2,3)25-17-23(31(39)27(19-25)35(7,8)9)21-37-29-15-13-14-16-30(29)38-22-24-18-26(34(4,5)6)20-28(32(24)40)36(10,11)12;;;/h2*17-22,29-30,39-40H,13-16H2,1-12H3;;;/q;;2*+2;/p-4/t2*29-,30-;;;/m11.../s1. The van der Waals surface area contributed by atoms with Gasteiger partial charge in [-0.15, -0.1) is 0 Å². The van der Waals surface area contributed by atoms with Gasteiger partial charge in [0.2, 0.25) is 0 Å². The van der Waals surface area contributed by atoms with E-state index in [9.17, 15) is 0 Å². The van der Waals surface area contributed by atoms with Gasteiger partial charge in [-0.25, -0.2) is 0 Å². The summed E-state index contributed by atoms with van der Waals surface area (Å²) in [5.41, 5.74) is 10.5. The topological polar surface area (TPSA) is 95.6 Å². The summed E-state index contributed by atoms with van der Waals surface area (Å²) in [4.78, 5) is 22.1. The number of aliphatic imine (C=N–C) groups is 4. The Kier molecular flexibility index (Phi) is 18.6. The molecule has 4 aromatic carbocycles. The lowest BCUT2D eigenvalue weighted by molar-refractivity contribution is 0.231. The first-order chi connectivity index (χ1) is 38.2.